The first-order valence-corrected chi connectivity index (χ1v) is 10.1. The van der Waals surface area contributed by atoms with E-state index in [-0.39, 0.29) is 12.4 Å². The molecule has 2 atom stereocenters. The summed E-state index contributed by atoms with van der Waals surface area (Å²) in [7, 11) is 0. The Hall–Kier alpha value is -2.34. The molecular formula is C22H18ClNO3S. The van der Waals surface area contributed by atoms with Gasteiger partial charge in [0.15, 0.2) is 0 Å². The molecule has 0 aliphatic carbocycles. The quantitative estimate of drug-likeness (QED) is 0.604. The first-order valence-electron chi connectivity index (χ1n) is 8.95. The molecule has 0 radical (unpaired) electrons. The van der Waals surface area contributed by atoms with E-state index in [1.807, 2.05) is 48.6 Å². The number of hydrogen-bond donors (Lipinski definition) is 1. The number of hydrogen-bond acceptors (Lipinski definition) is 5. The maximum atomic E-state index is 11.6. The zero-order chi connectivity index (χ0) is 19.5. The van der Waals surface area contributed by atoms with Crippen LogP contribution in [-0.2, 0) is 9.53 Å². The van der Waals surface area contributed by atoms with Crippen LogP contribution in [0, 0.1) is 0 Å². The van der Waals surface area contributed by atoms with Crippen LogP contribution in [-0.4, -0.2) is 28.3 Å². The van der Waals surface area contributed by atoms with Gasteiger partial charge in [0, 0.05) is 38.4 Å². The maximum absolute atomic E-state index is 11.6. The van der Waals surface area contributed by atoms with E-state index in [1.54, 1.807) is 18.0 Å². The lowest BCUT2D eigenvalue weighted by Gasteiger charge is -2.23. The molecule has 1 N–H and O–H groups in total. The molecule has 1 aliphatic rings. The average Bonchev–Trinajstić information content (AvgIpc) is 2.67. The molecule has 4 nitrogen and oxygen atoms in total. The van der Waals surface area contributed by atoms with E-state index in [0.717, 1.165) is 26.3 Å². The number of fused-ring (bicyclic) bond motifs is 1. The third-order valence-corrected chi connectivity index (χ3v) is 5.86. The Bertz CT molecular complexity index is 1040. The monoisotopic (exact) mass is 411 g/mol. The Morgan fingerprint density at radius 2 is 2.04 bits per heavy atom. The molecule has 28 heavy (non-hydrogen) atoms. The van der Waals surface area contributed by atoms with E-state index in [4.69, 9.17) is 16.3 Å². The summed E-state index contributed by atoms with van der Waals surface area (Å²) in [6.45, 7) is 0. The number of pyridine rings is 1. The second kappa shape index (κ2) is 8.35. The van der Waals surface area contributed by atoms with E-state index in [1.165, 1.54) is 0 Å². The first-order chi connectivity index (χ1) is 13.6. The van der Waals surface area contributed by atoms with Crippen molar-refractivity contribution in [3.63, 3.8) is 0 Å². The Kier molecular flexibility index (Phi) is 5.67. The molecule has 0 bridgehead atoms. The van der Waals surface area contributed by atoms with Crippen molar-refractivity contribution in [2.24, 2.45) is 0 Å². The van der Waals surface area contributed by atoms with Crippen molar-refractivity contribution in [3.05, 3.63) is 71.4 Å². The number of aromatic nitrogens is 1. The van der Waals surface area contributed by atoms with Gasteiger partial charge in [0.1, 0.15) is 6.10 Å². The molecule has 0 amide bonds. The fourth-order valence-electron chi connectivity index (χ4n) is 3.13. The van der Waals surface area contributed by atoms with E-state index in [2.05, 4.69) is 17.1 Å². The molecule has 0 spiro atoms. The van der Waals surface area contributed by atoms with Crippen molar-refractivity contribution in [1.82, 2.24) is 4.98 Å². The number of ether oxygens (including phenoxy) is 1. The summed E-state index contributed by atoms with van der Waals surface area (Å²) in [6.07, 6.45) is 4.87. The largest absolute Gasteiger partial charge is 0.458 e. The lowest BCUT2D eigenvalue weighted by molar-refractivity contribution is -0.156. The van der Waals surface area contributed by atoms with Crippen molar-refractivity contribution < 1.29 is 14.6 Å². The molecule has 2 aromatic carbocycles. The summed E-state index contributed by atoms with van der Waals surface area (Å²) < 4.78 is 5.31. The summed E-state index contributed by atoms with van der Waals surface area (Å²) >= 11 is 7.77. The number of carbonyl (C=O) groups is 1. The number of benzene rings is 2. The third-order valence-electron chi connectivity index (χ3n) is 4.45. The Morgan fingerprint density at radius 1 is 1.21 bits per heavy atom. The predicted octanol–water partition coefficient (Wildman–Crippen LogP) is 5.12. The minimum Gasteiger partial charge on any atom is -0.458 e. The molecule has 1 fully saturated rings. The molecule has 0 saturated carbocycles. The molecule has 1 aliphatic heterocycles. The van der Waals surface area contributed by atoms with Gasteiger partial charge in [0.25, 0.3) is 0 Å². The van der Waals surface area contributed by atoms with Crippen LogP contribution in [0.25, 0.3) is 17.0 Å². The van der Waals surface area contributed by atoms with Crippen LogP contribution in [0.2, 0.25) is 5.02 Å². The first kappa shape index (κ1) is 19.0. The summed E-state index contributed by atoms with van der Waals surface area (Å²) in [4.78, 5) is 18.3. The minimum absolute atomic E-state index is 0.0533. The summed E-state index contributed by atoms with van der Waals surface area (Å²) in [6, 6.07) is 15.8. The molecule has 4 rings (SSSR count). The predicted molar refractivity (Wildman–Crippen MR) is 111 cm³/mol. The van der Waals surface area contributed by atoms with E-state index in [0.29, 0.717) is 11.4 Å². The lowest BCUT2D eigenvalue weighted by Crippen LogP contribution is -2.31. The van der Waals surface area contributed by atoms with Crippen molar-refractivity contribution in [3.8, 4) is 0 Å². The van der Waals surface area contributed by atoms with E-state index >= 15 is 0 Å². The Labute approximate surface area is 172 Å². The van der Waals surface area contributed by atoms with Gasteiger partial charge in [-0.1, -0.05) is 53.7 Å². The van der Waals surface area contributed by atoms with Crippen LogP contribution in [0.4, 0.5) is 0 Å². The van der Waals surface area contributed by atoms with Gasteiger partial charge in [0.2, 0.25) is 0 Å². The molecular weight excluding hydrogens is 394 g/mol. The highest BCUT2D eigenvalue weighted by molar-refractivity contribution is 7.99. The highest BCUT2D eigenvalue weighted by atomic mass is 35.5. The second-order valence-corrected chi connectivity index (χ2v) is 8.12. The van der Waals surface area contributed by atoms with Gasteiger partial charge in [-0.05, 0) is 30.3 Å². The lowest BCUT2D eigenvalue weighted by atomic mass is 10.0. The fraction of sp³-hybridized carbons (Fsp3) is 0.182. The molecule has 6 heteroatoms. The highest BCUT2D eigenvalue weighted by Crippen LogP contribution is 2.37. The van der Waals surface area contributed by atoms with Crippen LogP contribution in [0.3, 0.4) is 0 Å². The molecule has 2 heterocycles. The normalized spacial score (nSPS) is 19.9. The standard InChI is InChI=1S/C22H18ClNO3S/c23-15-7-9-19-20(10-15)24-13-14(22(19)28-18-4-2-1-3-5-18)6-8-17-11-16(25)12-21(26)27-17/h1-10,13,16-17,25H,11-12H2/b8-6+/t16-,17-/m1/s1. The summed E-state index contributed by atoms with van der Waals surface area (Å²) in [5.41, 5.74) is 1.74. The Morgan fingerprint density at radius 3 is 2.82 bits per heavy atom. The van der Waals surface area contributed by atoms with Gasteiger partial charge in [-0.15, -0.1) is 0 Å². The van der Waals surface area contributed by atoms with Crippen molar-refractivity contribution in [2.75, 3.05) is 0 Å². The van der Waals surface area contributed by atoms with Crippen LogP contribution in [0.5, 0.6) is 0 Å². The molecule has 0 unspecified atom stereocenters. The van der Waals surface area contributed by atoms with Gasteiger partial charge >= 0.3 is 5.97 Å². The summed E-state index contributed by atoms with van der Waals surface area (Å²) in [5.74, 6) is -0.376. The van der Waals surface area contributed by atoms with Gasteiger partial charge in [-0.25, -0.2) is 0 Å². The molecule has 3 aromatic rings. The number of aliphatic hydroxyl groups is 1. The number of carbonyl (C=O) groups excluding carboxylic acids is 1. The van der Waals surface area contributed by atoms with Crippen LogP contribution < -0.4 is 0 Å². The zero-order valence-corrected chi connectivity index (χ0v) is 16.5. The average molecular weight is 412 g/mol. The number of esters is 1. The van der Waals surface area contributed by atoms with Crippen molar-refractivity contribution in [2.45, 2.75) is 34.8 Å². The number of aliphatic hydroxyl groups excluding tert-OH is 1. The van der Waals surface area contributed by atoms with E-state index < -0.39 is 12.2 Å². The van der Waals surface area contributed by atoms with Crippen LogP contribution in [0.1, 0.15) is 18.4 Å². The minimum atomic E-state index is -0.661. The van der Waals surface area contributed by atoms with E-state index in [9.17, 15) is 9.90 Å². The third kappa shape index (κ3) is 4.38. The second-order valence-electron chi connectivity index (χ2n) is 6.60. The van der Waals surface area contributed by atoms with Crippen LogP contribution in [0.15, 0.2) is 70.6 Å². The maximum Gasteiger partial charge on any atom is 0.309 e. The van der Waals surface area contributed by atoms with Gasteiger partial charge in [-0.3, -0.25) is 9.78 Å². The Balaban J connectivity index is 1.72. The highest BCUT2D eigenvalue weighted by Gasteiger charge is 2.25. The van der Waals surface area contributed by atoms with Crippen LogP contribution >= 0.6 is 23.4 Å². The van der Waals surface area contributed by atoms with Gasteiger partial charge < -0.3 is 9.84 Å². The number of rotatable bonds is 4. The van der Waals surface area contributed by atoms with Crippen molar-refractivity contribution in [1.29, 1.82) is 0 Å². The molecule has 1 aromatic heterocycles. The van der Waals surface area contributed by atoms with Gasteiger partial charge in [0.05, 0.1) is 18.0 Å². The molecule has 1 saturated heterocycles. The topological polar surface area (TPSA) is 59.4 Å². The number of cyclic esters (lactones) is 1. The van der Waals surface area contributed by atoms with Gasteiger partial charge in [-0.2, -0.15) is 0 Å². The fourth-order valence-corrected chi connectivity index (χ4v) is 4.35. The smallest absolute Gasteiger partial charge is 0.309 e. The number of halogens is 1. The van der Waals surface area contributed by atoms with Crippen molar-refractivity contribution >= 4 is 46.3 Å². The summed E-state index contributed by atoms with van der Waals surface area (Å²) in [5, 5.41) is 11.4. The SMILES string of the molecule is O=C1C[C@H](O)C[C@@H](/C=C/c2cnc3cc(Cl)ccc3c2Sc2ccccc2)O1. The molecule has 142 valence electrons. The zero-order valence-electron chi connectivity index (χ0n) is 14.9. The number of nitrogens with zero attached hydrogens (tertiary/aromatic N) is 1.